The molecule has 0 atom stereocenters. The van der Waals surface area contributed by atoms with Crippen LogP contribution >= 0.6 is 0 Å². The van der Waals surface area contributed by atoms with E-state index in [0.29, 0.717) is 0 Å². The third kappa shape index (κ3) is 1640. The summed E-state index contributed by atoms with van der Waals surface area (Å²) in [6.07, 6.45) is -1.17. The normalized spacial score (nSPS) is 6.32. The molecule has 0 aliphatic rings. The fourth-order valence-electron chi connectivity index (χ4n) is 0. The number of hydrogen-bond donors (Lipinski definition) is 4. The Morgan fingerprint density at radius 2 is 0.737 bits per heavy atom. The molecule has 0 spiro atoms. The lowest BCUT2D eigenvalue weighted by molar-refractivity contribution is 0.135. The van der Waals surface area contributed by atoms with Crippen LogP contribution in [0.1, 0.15) is 68.7 Å². The molecule has 0 radical (unpaired) electrons. The van der Waals surface area contributed by atoms with Crippen LogP contribution in [0.25, 0.3) is 0 Å². The number of carbonyl (C=O) groups is 2. The summed E-state index contributed by atoms with van der Waals surface area (Å²) >= 11 is 0. The highest BCUT2D eigenvalue weighted by molar-refractivity contribution is 5.53. The second kappa shape index (κ2) is 43.9. The lowest BCUT2D eigenvalue weighted by Crippen LogP contribution is -1.81. The standard InChI is InChI=1S/C4H10.2C3H8.2CH2O3.CH4/c1-4(2)3;2*1-3-2;2*2-1(3)4;/h4H,1-3H3;2*3H2,1-2H3;2*(H2,2,3,4);1H4. The maximum absolute atomic E-state index is 8.56. The SMILES string of the molecule is C.CC(C)C.CCC.CCC.O=C(O)O.O=C(O)O. The van der Waals surface area contributed by atoms with Crippen molar-refractivity contribution in [3.63, 3.8) is 0 Å². The van der Waals surface area contributed by atoms with E-state index in [1.807, 2.05) is 0 Å². The first-order chi connectivity index (χ1) is 8.02. The molecule has 19 heavy (non-hydrogen) atoms. The molecule has 0 aromatic heterocycles. The molecular formula is C13H34O6. The topological polar surface area (TPSA) is 115 Å². The zero-order valence-electron chi connectivity index (χ0n) is 12.6. The van der Waals surface area contributed by atoms with Crippen molar-refractivity contribution < 1.29 is 30.0 Å². The van der Waals surface area contributed by atoms with Crippen LogP contribution in [0, 0.1) is 5.92 Å². The van der Waals surface area contributed by atoms with Crippen LogP contribution in [0.15, 0.2) is 0 Å². The van der Waals surface area contributed by atoms with Crippen LogP contribution in [-0.4, -0.2) is 32.7 Å². The minimum atomic E-state index is -1.83. The zero-order valence-corrected chi connectivity index (χ0v) is 12.6. The van der Waals surface area contributed by atoms with E-state index >= 15 is 0 Å². The van der Waals surface area contributed by atoms with Gasteiger partial charge >= 0.3 is 12.3 Å². The van der Waals surface area contributed by atoms with E-state index in [-0.39, 0.29) is 7.43 Å². The highest BCUT2D eigenvalue weighted by Crippen LogP contribution is 1.81. The molecule has 122 valence electrons. The van der Waals surface area contributed by atoms with Gasteiger partial charge in [-0.1, -0.05) is 68.7 Å². The van der Waals surface area contributed by atoms with Crippen LogP contribution in [0.5, 0.6) is 0 Å². The summed E-state index contributed by atoms with van der Waals surface area (Å²) in [4.78, 5) is 17.1. The zero-order chi connectivity index (χ0) is 16.1. The third-order valence-electron chi connectivity index (χ3n) is 0. The average molecular weight is 286 g/mol. The van der Waals surface area contributed by atoms with E-state index in [9.17, 15) is 0 Å². The average Bonchev–Trinajstić information content (AvgIpc) is 2.00. The monoisotopic (exact) mass is 286 g/mol. The molecule has 0 amide bonds. The molecule has 6 heteroatoms. The highest BCUT2D eigenvalue weighted by atomic mass is 16.6. The Morgan fingerprint density at radius 1 is 0.737 bits per heavy atom. The maximum Gasteiger partial charge on any atom is 0.503 e. The fourth-order valence-corrected chi connectivity index (χ4v) is 0. The molecule has 0 fully saturated rings. The first kappa shape index (κ1) is 36.0. The summed E-state index contributed by atoms with van der Waals surface area (Å²) in [5, 5.41) is 27.9. The van der Waals surface area contributed by atoms with Crippen molar-refractivity contribution in [2.45, 2.75) is 68.7 Å². The van der Waals surface area contributed by atoms with Crippen molar-refractivity contribution in [3.8, 4) is 0 Å². The van der Waals surface area contributed by atoms with E-state index in [1.165, 1.54) is 12.8 Å². The van der Waals surface area contributed by atoms with Gasteiger partial charge in [0.2, 0.25) is 0 Å². The molecule has 0 bridgehead atoms. The molecule has 4 N–H and O–H groups in total. The summed E-state index contributed by atoms with van der Waals surface area (Å²) in [6.45, 7) is 15.0. The summed E-state index contributed by atoms with van der Waals surface area (Å²) in [6, 6.07) is 0. The van der Waals surface area contributed by atoms with Gasteiger partial charge < -0.3 is 20.4 Å². The highest BCUT2D eigenvalue weighted by Gasteiger charge is 1.70. The maximum atomic E-state index is 8.56. The van der Waals surface area contributed by atoms with Crippen molar-refractivity contribution >= 4 is 12.3 Å². The van der Waals surface area contributed by atoms with Crippen LogP contribution in [-0.2, 0) is 0 Å². The molecule has 0 saturated heterocycles. The Hall–Kier alpha value is -1.46. The predicted octanol–water partition coefficient (Wildman–Crippen LogP) is 5.58. The van der Waals surface area contributed by atoms with Crippen molar-refractivity contribution in [1.82, 2.24) is 0 Å². The van der Waals surface area contributed by atoms with Crippen molar-refractivity contribution in [2.75, 3.05) is 0 Å². The van der Waals surface area contributed by atoms with Crippen LogP contribution < -0.4 is 0 Å². The Balaban J connectivity index is -0.0000000276. The third-order valence-corrected chi connectivity index (χ3v) is 0. The number of rotatable bonds is 0. The van der Waals surface area contributed by atoms with E-state index in [0.717, 1.165) is 5.92 Å². The molecule has 6 nitrogen and oxygen atoms in total. The lowest BCUT2D eigenvalue weighted by Gasteiger charge is -1.79. The van der Waals surface area contributed by atoms with Gasteiger partial charge in [-0.2, -0.15) is 0 Å². The van der Waals surface area contributed by atoms with Crippen molar-refractivity contribution in [1.29, 1.82) is 0 Å². The minimum absolute atomic E-state index is 0. The van der Waals surface area contributed by atoms with Gasteiger partial charge in [-0.15, -0.1) is 0 Å². The molecule has 0 saturated carbocycles. The summed E-state index contributed by atoms with van der Waals surface area (Å²) in [7, 11) is 0. The Morgan fingerprint density at radius 3 is 0.737 bits per heavy atom. The van der Waals surface area contributed by atoms with Gasteiger partial charge in [0.1, 0.15) is 0 Å². The van der Waals surface area contributed by atoms with Gasteiger partial charge in [-0.05, 0) is 5.92 Å². The van der Waals surface area contributed by atoms with Gasteiger partial charge in [-0.25, -0.2) is 9.59 Å². The number of hydrogen-bond acceptors (Lipinski definition) is 2. The summed E-state index contributed by atoms with van der Waals surface area (Å²) < 4.78 is 0. The van der Waals surface area contributed by atoms with Gasteiger partial charge in [0.15, 0.2) is 0 Å². The van der Waals surface area contributed by atoms with Gasteiger partial charge in [0.05, 0.1) is 0 Å². The molecule has 0 aromatic rings. The Kier molecular flexibility index (Phi) is 83.2. The van der Waals surface area contributed by atoms with Crippen LogP contribution in [0.2, 0.25) is 0 Å². The van der Waals surface area contributed by atoms with Crippen molar-refractivity contribution in [2.24, 2.45) is 5.92 Å². The van der Waals surface area contributed by atoms with Crippen LogP contribution in [0.3, 0.4) is 0 Å². The molecular weight excluding hydrogens is 252 g/mol. The summed E-state index contributed by atoms with van der Waals surface area (Å²) in [5.41, 5.74) is 0. The largest absolute Gasteiger partial charge is 0.503 e. The smallest absolute Gasteiger partial charge is 0.450 e. The molecule has 0 heterocycles. The molecule has 0 aliphatic carbocycles. The van der Waals surface area contributed by atoms with E-state index in [2.05, 4.69) is 48.5 Å². The quantitative estimate of drug-likeness (QED) is 0.462. The van der Waals surface area contributed by atoms with E-state index in [1.54, 1.807) is 0 Å². The minimum Gasteiger partial charge on any atom is -0.450 e. The second-order valence-electron chi connectivity index (χ2n) is 3.71. The Bertz CT molecular complexity index is 121. The molecule has 0 aliphatic heterocycles. The number of carboxylic acid groups (broad SMARTS) is 4. The Labute approximate surface area is 118 Å². The second-order valence-corrected chi connectivity index (χ2v) is 3.71. The first-order valence-corrected chi connectivity index (χ1v) is 5.86. The summed E-state index contributed by atoms with van der Waals surface area (Å²) in [5.74, 6) is 0.833. The predicted molar refractivity (Wildman–Crippen MR) is 80.5 cm³/mol. The van der Waals surface area contributed by atoms with Crippen molar-refractivity contribution in [3.05, 3.63) is 0 Å². The molecule has 0 rings (SSSR count). The van der Waals surface area contributed by atoms with E-state index in [4.69, 9.17) is 30.0 Å². The molecule has 0 aromatic carbocycles. The van der Waals surface area contributed by atoms with Gasteiger partial charge in [0.25, 0.3) is 0 Å². The fraction of sp³-hybridized carbons (Fsp3) is 0.846. The van der Waals surface area contributed by atoms with E-state index < -0.39 is 12.3 Å². The lowest BCUT2D eigenvalue weighted by atomic mass is 10.3. The van der Waals surface area contributed by atoms with Gasteiger partial charge in [0, 0.05) is 0 Å². The first-order valence-electron chi connectivity index (χ1n) is 5.86. The van der Waals surface area contributed by atoms with Crippen LogP contribution in [0.4, 0.5) is 9.59 Å². The molecule has 0 unspecified atom stereocenters. The van der Waals surface area contributed by atoms with Gasteiger partial charge in [-0.3, -0.25) is 0 Å².